The lowest BCUT2D eigenvalue weighted by atomic mass is 9.99. The minimum absolute atomic E-state index is 0.112. The normalized spacial score (nSPS) is 18.9. The number of rotatable bonds is 10. The highest BCUT2D eigenvalue weighted by Crippen LogP contribution is 2.39. The summed E-state index contributed by atoms with van der Waals surface area (Å²) < 4.78 is 9.61. The first-order valence-corrected chi connectivity index (χ1v) is 24.0. The largest absolute Gasteiger partial charge is 0.453 e. The van der Waals surface area contributed by atoms with Crippen LogP contribution in [-0.4, -0.2) is 101 Å². The van der Waals surface area contributed by atoms with E-state index in [1.807, 2.05) is 49.8 Å². The molecule has 0 radical (unpaired) electrons. The number of fused-ring (bicyclic) bond motifs is 3. The molecule has 4 N–H and O–H groups in total. The maximum absolute atomic E-state index is 13.9. The zero-order chi connectivity index (χ0) is 42.2. The Bertz CT molecular complexity index is 2350. The van der Waals surface area contributed by atoms with Crippen molar-refractivity contribution in [2.24, 2.45) is 11.8 Å². The molecule has 0 saturated carbocycles. The van der Waals surface area contributed by atoms with E-state index in [1.165, 1.54) is 14.2 Å². The fraction of sp³-hybridized carbons (Fsp3) is 0.455. The highest BCUT2D eigenvalue weighted by Gasteiger charge is 2.42. The van der Waals surface area contributed by atoms with Crippen LogP contribution in [0.3, 0.4) is 0 Å². The van der Waals surface area contributed by atoms with Gasteiger partial charge in [-0.2, -0.15) is 0 Å². The van der Waals surface area contributed by atoms with Gasteiger partial charge in [-0.3, -0.25) is 9.59 Å². The molecule has 2 aliphatic rings. The monoisotopic (exact) mass is 820 g/mol. The number of hydrogen-bond acceptors (Lipinski definition) is 8. The third-order valence-electron chi connectivity index (χ3n) is 12.0. The molecule has 15 heteroatoms. The Morgan fingerprint density at radius 3 is 2.00 bits per heavy atom. The second-order valence-electron chi connectivity index (χ2n) is 17.3. The maximum Gasteiger partial charge on any atom is 0.407 e. The number of nitrogens with zero attached hydrogens (tertiary/aromatic N) is 4. The standard InChI is InChI=1S/C44H56N8O6Si/c1-25(2)36(49-43(55)57-5)41(53)51-19-9-10-34(51)40-46-32-18-16-30-22-29(15-17-31(30)38(32)48-40)27-11-13-28(14-12-27)33-23-45-39(47-33)35-24-59(7,8)21-20-52(35)42(54)37(26(3)4)50-44(56)58-6/h11-18,22-23,25-26,34-37H,9-10,19-21,24H2,1-8H3,(H,45,47)(H,46,48)(H,49,55)(H,50,56)/t34-,35?,36?,37?/m0/s1. The molecule has 312 valence electrons. The molecule has 2 fully saturated rings. The van der Waals surface area contributed by atoms with Crippen molar-refractivity contribution in [3.05, 3.63) is 72.4 Å². The number of benzene rings is 3. The van der Waals surface area contributed by atoms with E-state index in [4.69, 9.17) is 19.4 Å². The first-order chi connectivity index (χ1) is 28.2. The van der Waals surface area contributed by atoms with Gasteiger partial charge in [-0.25, -0.2) is 19.6 Å². The Kier molecular flexibility index (Phi) is 11.9. The summed E-state index contributed by atoms with van der Waals surface area (Å²) >= 11 is 0. The van der Waals surface area contributed by atoms with Crippen LogP contribution < -0.4 is 10.6 Å². The average Bonchev–Trinajstić information content (AvgIpc) is 4.01. The number of methoxy groups -OCH3 is 2. The van der Waals surface area contributed by atoms with E-state index >= 15 is 0 Å². The quantitative estimate of drug-likeness (QED) is 0.103. The number of carbonyl (C=O) groups excluding carboxylic acids is 4. The van der Waals surface area contributed by atoms with Crippen molar-refractivity contribution in [2.75, 3.05) is 27.3 Å². The van der Waals surface area contributed by atoms with Crippen LogP contribution in [0.1, 0.15) is 64.3 Å². The van der Waals surface area contributed by atoms with Crippen LogP contribution in [0.5, 0.6) is 0 Å². The Hall–Kier alpha value is -5.70. The van der Waals surface area contributed by atoms with E-state index in [0.29, 0.717) is 13.1 Å². The summed E-state index contributed by atoms with van der Waals surface area (Å²) in [7, 11) is 0.997. The molecule has 0 bridgehead atoms. The number of nitrogens with one attached hydrogen (secondary N) is 4. The second kappa shape index (κ2) is 16.9. The lowest BCUT2D eigenvalue weighted by Crippen LogP contribution is -2.55. The maximum atomic E-state index is 13.9. The van der Waals surface area contributed by atoms with Gasteiger partial charge in [0.2, 0.25) is 11.8 Å². The Balaban J connectivity index is 1.09. The second-order valence-corrected chi connectivity index (χ2v) is 22.6. The predicted octanol–water partition coefficient (Wildman–Crippen LogP) is 7.79. The van der Waals surface area contributed by atoms with E-state index in [9.17, 15) is 19.2 Å². The van der Waals surface area contributed by atoms with Crippen LogP contribution in [0.4, 0.5) is 9.59 Å². The lowest BCUT2D eigenvalue weighted by molar-refractivity contribution is -0.137. The van der Waals surface area contributed by atoms with Crippen molar-refractivity contribution >= 4 is 53.9 Å². The van der Waals surface area contributed by atoms with Crippen molar-refractivity contribution in [2.45, 2.75) is 89.9 Å². The van der Waals surface area contributed by atoms with Crippen molar-refractivity contribution in [3.8, 4) is 22.4 Å². The number of alkyl carbamates (subject to hydrolysis) is 2. The summed E-state index contributed by atoms with van der Waals surface area (Å²) in [5.74, 6) is 1.01. The fourth-order valence-corrected chi connectivity index (χ4v) is 11.1. The van der Waals surface area contributed by atoms with Crippen molar-refractivity contribution in [3.63, 3.8) is 0 Å². The number of aromatic nitrogens is 4. The zero-order valence-electron chi connectivity index (χ0n) is 35.2. The van der Waals surface area contributed by atoms with Crippen LogP contribution in [0.2, 0.25) is 25.2 Å². The fourth-order valence-electron chi connectivity index (χ4n) is 8.55. The number of H-pyrrole nitrogens is 2. The summed E-state index contributed by atoms with van der Waals surface area (Å²) in [4.78, 5) is 72.4. The number of ether oxygens (including phenoxy) is 2. The smallest absolute Gasteiger partial charge is 0.407 e. The minimum atomic E-state index is -1.60. The first-order valence-electron chi connectivity index (χ1n) is 20.6. The summed E-state index contributed by atoms with van der Waals surface area (Å²) in [6.07, 6.45) is 2.22. The zero-order valence-corrected chi connectivity index (χ0v) is 36.2. The molecule has 5 aromatic rings. The molecule has 4 amide bonds. The molecule has 3 unspecified atom stereocenters. The van der Waals surface area contributed by atoms with Gasteiger partial charge in [0, 0.05) is 18.5 Å². The highest BCUT2D eigenvalue weighted by atomic mass is 28.3. The van der Waals surface area contributed by atoms with Gasteiger partial charge >= 0.3 is 12.2 Å². The van der Waals surface area contributed by atoms with Gasteiger partial charge in [-0.15, -0.1) is 0 Å². The predicted molar refractivity (Wildman–Crippen MR) is 230 cm³/mol. The van der Waals surface area contributed by atoms with Gasteiger partial charge < -0.3 is 39.9 Å². The number of imidazole rings is 2. The van der Waals surface area contributed by atoms with E-state index < -0.39 is 32.3 Å². The molecule has 4 atom stereocenters. The summed E-state index contributed by atoms with van der Waals surface area (Å²) in [5.41, 5.74) is 5.74. The van der Waals surface area contributed by atoms with E-state index in [0.717, 1.165) is 80.8 Å². The molecule has 4 heterocycles. The Morgan fingerprint density at radius 2 is 1.37 bits per heavy atom. The molecule has 2 aliphatic heterocycles. The van der Waals surface area contributed by atoms with E-state index in [1.54, 1.807) is 0 Å². The summed E-state index contributed by atoms with van der Waals surface area (Å²) in [6, 6.07) is 18.9. The van der Waals surface area contributed by atoms with Gasteiger partial charge in [0.1, 0.15) is 23.7 Å². The third-order valence-corrected chi connectivity index (χ3v) is 15.1. The number of carbonyl (C=O) groups is 4. The Morgan fingerprint density at radius 1 is 0.763 bits per heavy atom. The van der Waals surface area contributed by atoms with Crippen molar-refractivity contribution in [1.29, 1.82) is 0 Å². The third kappa shape index (κ3) is 8.56. The van der Waals surface area contributed by atoms with Crippen LogP contribution in [-0.2, 0) is 19.1 Å². The van der Waals surface area contributed by atoms with Crippen LogP contribution in [0.25, 0.3) is 44.2 Å². The molecule has 3 aromatic carbocycles. The van der Waals surface area contributed by atoms with Crippen LogP contribution in [0.15, 0.2) is 60.8 Å². The van der Waals surface area contributed by atoms with Gasteiger partial charge in [-0.1, -0.05) is 83.3 Å². The summed E-state index contributed by atoms with van der Waals surface area (Å²) in [5, 5.41) is 7.53. The van der Waals surface area contributed by atoms with Crippen LogP contribution >= 0.6 is 0 Å². The van der Waals surface area contributed by atoms with Gasteiger partial charge in [0.25, 0.3) is 0 Å². The SMILES string of the molecule is COC(=O)NC(C(=O)N1CC[Si](C)(C)CC1c1ncc(-c2ccc(-c3ccc4c(ccc5[nH]c([C@@H]6CCCN6C(=O)C(NC(=O)OC)C(C)C)nc54)c3)cc2)[nH]1)C(C)C. The molecule has 14 nitrogen and oxygen atoms in total. The number of amides is 4. The van der Waals surface area contributed by atoms with Gasteiger partial charge in [-0.05, 0) is 71.0 Å². The molecule has 7 rings (SSSR count). The average molecular weight is 821 g/mol. The molecular formula is C44H56N8O6Si. The number of aromatic amines is 2. The molecule has 2 saturated heterocycles. The highest BCUT2D eigenvalue weighted by molar-refractivity contribution is 6.77. The molecular weight excluding hydrogens is 765 g/mol. The molecule has 0 spiro atoms. The topological polar surface area (TPSA) is 175 Å². The molecule has 2 aromatic heterocycles. The Labute approximate surface area is 345 Å². The molecule has 59 heavy (non-hydrogen) atoms. The van der Waals surface area contributed by atoms with E-state index in [-0.39, 0.29) is 35.7 Å². The lowest BCUT2D eigenvalue weighted by Gasteiger charge is -2.43. The van der Waals surface area contributed by atoms with Gasteiger partial charge in [0.05, 0.1) is 57.3 Å². The van der Waals surface area contributed by atoms with Crippen molar-refractivity contribution < 1.29 is 28.7 Å². The van der Waals surface area contributed by atoms with Crippen molar-refractivity contribution in [1.82, 2.24) is 40.4 Å². The van der Waals surface area contributed by atoms with Crippen LogP contribution in [0, 0.1) is 11.8 Å². The first kappa shape index (κ1) is 41.5. The van der Waals surface area contributed by atoms with Gasteiger partial charge in [0.15, 0.2) is 0 Å². The minimum Gasteiger partial charge on any atom is -0.453 e. The number of likely N-dealkylation sites (tertiary alicyclic amines) is 1. The summed E-state index contributed by atoms with van der Waals surface area (Å²) in [6.45, 7) is 13.6. The number of hydrogen-bond donors (Lipinski definition) is 4. The molecule has 0 aliphatic carbocycles. The van der Waals surface area contributed by atoms with E-state index in [2.05, 4.69) is 82.2 Å².